The zero-order valence-corrected chi connectivity index (χ0v) is 25.0. The number of ether oxygens (including phenoxy) is 2. The van der Waals surface area contributed by atoms with Crippen LogP contribution in [0.3, 0.4) is 0 Å². The van der Waals surface area contributed by atoms with Gasteiger partial charge in [-0.05, 0) is 58.7 Å². The van der Waals surface area contributed by atoms with Crippen molar-refractivity contribution < 1.29 is 14.3 Å². The molecule has 5 aromatic carbocycles. The van der Waals surface area contributed by atoms with E-state index in [-0.39, 0.29) is 18.2 Å². The Morgan fingerprint density at radius 3 is 1.55 bits per heavy atom. The molecule has 0 saturated heterocycles. The molecular formula is C36H35ClN4O3. The van der Waals surface area contributed by atoms with Crippen molar-refractivity contribution in [3.05, 3.63) is 161 Å². The molecule has 1 unspecified atom stereocenters. The molecule has 7 nitrogen and oxygen atoms in total. The summed E-state index contributed by atoms with van der Waals surface area (Å²) in [6.07, 6.45) is 0. The first kappa shape index (κ1) is 31.7. The number of nitrogens with zero attached hydrogens (tertiary/aromatic N) is 1. The van der Waals surface area contributed by atoms with Crippen molar-refractivity contribution in [2.75, 3.05) is 4.90 Å². The van der Waals surface area contributed by atoms with E-state index in [1.165, 1.54) is 0 Å². The van der Waals surface area contributed by atoms with Crippen LogP contribution in [0, 0.1) is 5.41 Å². The lowest BCUT2D eigenvalue weighted by Gasteiger charge is -2.33. The molecular weight excluding hydrogens is 572 g/mol. The van der Waals surface area contributed by atoms with Crippen LogP contribution in [0.5, 0.6) is 11.5 Å². The normalized spacial score (nSPS) is 11.1. The molecule has 0 spiro atoms. The van der Waals surface area contributed by atoms with Gasteiger partial charge in [-0.2, -0.15) is 0 Å². The van der Waals surface area contributed by atoms with Gasteiger partial charge in [0.2, 0.25) is 5.91 Å². The fourth-order valence-corrected chi connectivity index (χ4v) is 4.84. The van der Waals surface area contributed by atoms with Crippen molar-refractivity contribution >= 4 is 29.8 Å². The number of rotatable bonds is 13. The summed E-state index contributed by atoms with van der Waals surface area (Å²) in [6, 6.07) is 41.5. The van der Waals surface area contributed by atoms with Gasteiger partial charge in [-0.1, -0.05) is 91.0 Å². The Bertz CT molecular complexity index is 1590. The maximum absolute atomic E-state index is 13.3. The molecule has 0 aromatic heterocycles. The van der Waals surface area contributed by atoms with Gasteiger partial charge in [0.15, 0.2) is 0 Å². The van der Waals surface area contributed by atoms with Gasteiger partial charge in [0, 0.05) is 23.9 Å². The Morgan fingerprint density at radius 2 is 1.11 bits per heavy atom. The van der Waals surface area contributed by atoms with E-state index in [1.54, 1.807) is 12.1 Å². The number of carbonyl (C=O) groups is 1. The van der Waals surface area contributed by atoms with Crippen molar-refractivity contribution in [1.29, 1.82) is 5.41 Å². The monoisotopic (exact) mass is 606 g/mol. The van der Waals surface area contributed by atoms with E-state index in [4.69, 9.17) is 26.4 Å². The van der Waals surface area contributed by atoms with Crippen LogP contribution >= 0.6 is 12.4 Å². The third-order valence-corrected chi connectivity index (χ3v) is 7.00. The molecule has 0 heterocycles. The quantitative estimate of drug-likeness (QED) is 0.101. The van der Waals surface area contributed by atoms with Crippen molar-refractivity contribution in [3.63, 3.8) is 0 Å². The number of nitrogens with two attached hydrogens (primary N) is 2. The van der Waals surface area contributed by atoms with E-state index < -0.39 is 11.9 Å². The predicted octanol–water partition coefficient (Wildman–Crippen LogP) is 6.78. The molecule has 224 valence electrons. The van der Waals surface area contributed by atoms with E-state index in [0.717, 1.165) is 22.4 Å². The average molecular weight is 607 g/mol. The molecule has 0 aliphatic heterocycles. The number of hydrogen-bond donors (Lipinski definition) is 3. The summed E-state index contributed by atoms with van der Waals surface area (Å²) in [5, 5.41) is 7.79. The SMILES string of the molecule is Cl.N=C(N)c1ccc(N(Cc2ccccc2)C(C(N)=O)c2cc(OCc3ccccc3)cc(OCc3ccccc3)c2)cc1. The highest BCUT2D eigenvalue weighted by atomic mass is 35.5. The van der Waals surface area contributed by atoms with E-state index in [0.29, 0.717) is 42.4 Å². The van der Waals surface area contributed by atoms with Crippen LogP contribution in [-0.4, -0.2) is 11.7 Å². The van der Waals surface area contributed by atoms with Gasteiger partial charge in [-0.15, -0.1) is 12.4 Å². The Morgan fingerprint density at radius 1 is 0.659 bits per heavy atom. The highest BCUT2D eigenvalue weighted by Gasteiger charge is 2.28. The number of halogens is 1. The molecule has 5 rings (SSSR count). The summed E-state index contributed by atoms with van der Waals surface area (Å²) in [6.45, 7) is 1.11. The Balaban J connectivity index is 0.00000442. The van der Waals surface area contributed by atoms with E-state index in [2.05, 4.69) is 0 Å². The summed E-state index contributed by atoms with van der Waals surface area (Å²) in [4.78, 5) is 15.2. The number of anilines is 1. The lowest BCUT2D eigenvalue weighted by Crippen LogP contribution is -2.37. The molecule has 1 atom stereocenters. The number of nitrogen functional groups attached to an aromatic ring is 1. The number of carbonyl (C=O) groups excluding carboxylic acids is 1. The summed E-state index contributed by atoms with van der Waals surface area (Å²) < 4.78 is 12.4. The minimum Gasteiger partial charge on any atom is -0.489 e. The largest absolute Gasteiger partial charge is 0.489 e. The molecule has 0 bridgehead atoms. The minimum atomic E-state index is -0.859. The van der Waals surface area contributed by atoms with Gasteiger partial charge in [-0.25, -0.2) is 0 Å². The summed E-state index contributed by atoms with van der Waals surface area (Å²) >= 11 is 0. The Hall–Kier alpha value is -5.27. The average Bonchev–Trinajstić information content (AvgIpc) is 3.04. The molecule has 5 N–H and O–H groups in total. The molecule has 44 heavy (non-hydrogen) atoms. The van der Waals surface area contributed by atoms with Crippen molar-refractivity contribution in [2.24, 2.45) is 11.5 Å². The second-order valence-corrected chi connectivity index (χ2v) is 10.2. The number of nitrogens with one attached hydrogen (secondary N) is 1. The summed E-state index contributed by atoms with van der Waals surface area (Å²) in [5.74, 6) is 0.557. The maximum Gasteiger partial charge on any atom is 0.244 e. The molecule has 8 heteroatoms. The van der Waals surface area contributed by atoms with E-state index in [9.17, 15) is 4.79 Å². The van der Waals surface area contributed by atoms with Gasteiger partial charge < -0.3 is 25.8 Å². The van der Waals surface area contributed by atoms with Gasteiger partial charge in [0.05, 0.1) is 0 Å². The highest BCUT2D eigenvalue weighted by molar-refractivity contribution is 5.95. The third kappa shape index (κ3) is 8.40. The molecule has 0 aliphatic carbocycles. The fraction of sp³-hybridized carbons (Fsp3) is 0.111. The fourth-order valence-electron chi connectivity index (χ4n) is 4.84. The number of benzene rings is 5. The number of amides is 1. The number of amidine groups is 1. The van der Waals surface area contributed by atoms with Crippen LogP contribution in [-0.2, 0) is 24.6 Å². The molecule has 0 radical (unpaired) electrons. The standard InChI is InChI=1S/C36H34N4O3.ClH/c37-35(38)29-16-18-31(19-17-29)40(23-26-10-4-1-5-11-26)34(36(39)41)30-20-32(42-24-27-12-6-2-7-13-27)22-33(21-30)43-25-28-14-8-3-9-15-28;/h1-22,34H,23-25H2,(H3,37,38)(H2,39,41);1H. The lowest BCUT2D eigenvalue weighted by atomic mass is 10.0. The maximum atomic E-state index is 13.3. The van der Waals surface area contributed by atoms with E-state index >= 15 is 0 Å². The van der Waals surface area contributed by atoms with Gasteiger partial charge >= 0.3 is 0 Å². The van der Waals surface area contributed by atoms with Crippen molar-refractivity contribution in [3.8, 4) is 11.5 Å². The molecule has 0 saturated carbocycles. The first-order chi connectivity index (χ1) is 21.0. The zero-order valence-electron chi connectivity index (χ0n) is 24.1. The van der Waals surface area contributed by atoms with E-state index in [1.807, 2.05) is 126 Å². The van der Waals surface area contributed by atoms with Gasteiger partial charge in [0.25, 0.3) is 0 Å². The predicted molar refractivity (Wildman–Crippen MR) is 177 cm³/mol. The van der Waals surface area contributed by atoms with Crippen molar-refractivity contribution in [2.45, 2.75) is 25.8 Å². The molecule has 0 aliphatic rings. The molecule has 1 amide bonds. The van der Waals surface area contributed by atoms with Crippen LogP contribution in [0.2, 0.25) is 0 Å². The smallest absolute Gasteiger partial charge is 0.244 e. The van der Waals surface area contributed by atoms with Crippen LogP contribution in [0.1, 0.15) is 33.9 Å². The topological polar surface area (TPSA) is 115 Å². The number of hydrogen-bond acceptors (Lipinski definition) is 5. The second-order valence-electron chi connectivity index (χ2n) is 10.2. The van der Waals surface area contributed by atoms with Crippen LogP contribution in [0.25, 0.3) is 0 Å². The molecule has 0 fully saturated rings. The van der Waals surface area contributed by atoms with Crippen LogP contribution < -0.4 is 25.8 Å². The summed E-state index contributed by atoms with van der Waals surface area (Å²) in [7, 11) is 0. The summed E-state index contributed by atoms with van der Waals surface area (Å²) in [5.41, 5.74) is 16.9. The van der Waals surface area contributed by atoms with Crippen molar-refractivity contribution in [1.82, 2.24) is 0 Å². The third-order valence-electron chi connectivity index (χ3n) is 7.00. The van der Waals surface area contributed by atoms with Gasteiger partial charge in [0.1, 0.15) is 36.6 Å². The highest BCUT2D eigenvalue weighted by Crippen LogP contribution is 2.34. The van der Waals surface area contributed by atoms with Crippen LogP contribution in [0.15, 0.2) is 133 Å². The number of primary amides is 1. The van der Waals surface area contributed by atoms with Gasteiger partial charge in [-0.3, -0.25) is 10.2 Å². The zero-order chi connectivity index (χ0) is 30.0. The minimum absolute atomic E-state index is 0. The Labute approximate surface area is 264 Å². The first-order valence-corrected chi connectivity index (χ1v) is 14.0. The second kappa shape index (κ2) is 15.3. The van der Waals surface area contributed by atoms with Crippen LogP contribution in [0.4, 0.5) is 5.69 Å². The first-order valence-electron chi connectivity index (χ1n) is 14.0. The lowest BCUT2D eigenvalue weighted by molar-refractivity contribution is -0.119. The Kier molecular flexibility index (Phi) is 11.0. The molecule has 5 aromatic rings.